The van der Waals surface area contributed by atoms with Gasteiger partial charge in [-0.15, -0.1) is 0 Å². The molecule has 5 radical (unpaired) electrons. The van der Waals surface area contributed by atoms with Gasteiger partial charge in [-0.1, -0.05) is 36.4 Å². The van der Waals surface area contributed by atoms with E-state index in [1.165, 1.54) is 20.3 Å². The summed E-state index contributed by atoms with van der Waals surface area (Å²) in [7, 11) is 0. The molecule has 0 unspecified atom stereocenters. The number of hydrogen-bond acceptors (Lipinski definition) is 1. The zero-order chi connectivity index (χ0) is 13.8. The lowest BCUT2D eigenvalue weighted by Crippen LogP contribution is -2.02. The molecule has 1 saturated carbocycles. The highest BCUT2D eigenvalue weighted by Gasteiger charge is 2.14. The Hall–Kier alpha value is -1.03. The van der Waals surface area contributed by atoms with Crippen LogP contribution in [0.3, 0.4) is 0 Å². The SMILES string of the molecule is I/C(=C\[C]1[CH][CH][CH][CH]1)CNc1ccc2ccccc2c1. The summed E-state index contributed by atoms with van der Waals surface area (Å²) in [5, 5.41) is 6.02. The summed E-state index contributed by atoms with van der Waals surface area (Å²) in [5.41, 5.74) is 1.16. The third-order valence-corrected chi connectivity index (χ3v) is 3.92. The van der Waals surface area contributed by atoms with Crippen molar-refractivity contribution in [2.75, 3.05) is 11.9 Å². The van der Waals surface area contributed by atoms with Crippen molar-refractivity contribution in [3.8, 4) is 0 Å². The van der Waals surface area contributed by atoms with Crippen molar-refractivity contribution in [1.82, 2.24) is 0 Å². The van der Waals surface area contributed by atoms with E-state index >= 15 is 0 Å². The highest BCUT2D eigenvalue weighted by molar-refractivity contribution is 14.1. The molecule has 0 bridgehead atoms. The van der Waals surface area contributed by atoms with Crippen LogP contribution in [0.2, 0.25) is 0 Å². The van der Waals surface area contributed by atoms with Crippen LogP contribution in [0.4, 0.5) is 5.69 Å². The lowest BCUT2D eigenvalue weighted by atomic mass is 10.1. The second kappa shape index (κ2) is 6.61. The Balaban J connectivity index is 1.64. The molecular weight excluding hydrogens is 357 g/mol. The maximum atomic E-state index is 3.47. The fraction of sp³-hybridized carbons (Fsp3) is 0.0556. The zero-order valence-electron chi connectivity index (χ0n) is 11.0. The molecule has 1 fully saturated rings. The monoisotopic (exact) mass is 372 g/mol. The Labute approximate surface area is 134 Å². The number of halogens is 1. The van der Waals surface area contributed by atoms with E-state index in [4.69, 9.17) is 0 Å². The standard InChI is InChI=1S/C18H15IN/c19-17(11-14-5-1-2-6-14)13-20-18-10-9-15-7-3-4-8-16(15)12-18/h1-12,20H,13H2/b17-11-. The fourth-order valence-corrected chi connectivity index (χ4v) is 2.75. The predicted octanol–water partition coefficient (Wildman–Crippen LogP) is 4.98. The van der Waals surface area contributed by atoms with Crippen LogP contribution >= 0.6 is 22.6 Å². The molecule has 0 amide bonds. The summed E-state index contributed by atoms with van der Waals surface area (Å²) in [5.74, 6) is 1.26. The van der Waals surface area contributed by atoms with Crippen LogP contribution in [0.1, 0.15) is 0 Å². The van der Waals surface area contributed by atoms with Gasteiger partial charge < -0.3 is 5.32 Å². The van der Waals surface area contributed by atoms with Gasteiger partial charge in [0.2, 0.25) is 0 Å². The van der Waals surface area contributed by atoms with Gasteiger partial charge in [0.15, 0.2) is 0 Å². The Bertz CT molecular complexity index is 612. The number of fused-ring (bicyclic) bond motifs is 1. The van der Waals surface area contributed by atoms with Crippen molar-refractivity contribution in [3.05, 3.63) is 83.7 Å². The lowest BCUT2D eigenvalue weighted by Gasteiger charge is -2.08. The summed E-state index contributed by atoms with van der Waals surface area (Å²) in [4.78, 5) is 0. The van der Waals surface area contributed by atoms with Crippen LogP contribution in [0, 0.1) is 31.6 Å². The van der Waals surface area contributed by atoms with E-state index < -0.39 is 0 Å². The number of benzene rings is 2. The van der Waals surface area contributed by atoms with Crippen LogP contribution in [0.5, 0.6) is 0 Å². The van der Waals surface area contributed by atoms with Gasteiger partial charge in [-0.3, -0.25) is 0 Å². The number of nitrogens with one attached hydrogen (secondary N) is 1. The number of anilines is 1. The molecule has 1 nitrogen and oxygen atoms in total. The molecule has 1 aliphatic rings. The molecule has 0 aromatic heterocycles. The summed E-state index contributed by atoms with van der Waals surface area (Å²) in [6, 6.07) is 14.9. The lowest BCUT2D eigenvalue weighted by molar-refractivity contribution is 1.29. The van der Waals surface area contributed by atoms with Crippen molar-refractivity contribution in [1.29, 1.82) is 0 Å². The first-order valence-corrected chi connectivity index (χ1v) is 7.69. The van der Waals surface area contributed by atoms with Gasteiger partial charge in [-0.25, -0.2) is 0 Å². The molecule has 1 N–H and O–H groups in total. The summed E-state index contributed by atoms with van der Waals surface area (Å²) in [6.45, 7) is 0.851. The largest absolute Gasteiger partial charge is 0.380 e. The van der Waals surface area contributed by atoms with Gasteiger partial charge in [0.25, 0.3) is 0 Å². The van der Waals surface area contributed by atoms with Crippen molar-refractivity contribution >= 4 is 39.1 Å². The second-order valence-corrected chi connectivity index (χ2v) is 6.11. The molecule has 2 heteroatoms. The van der Waals surface area contributed by atoms with E-state index in [-0.39, 0.29) is 0 Å². The Morgan fingerprint density at radius 2 is 1.75 bits per heavy atom. The quantitative estimate of drug-likeness (QED) is 0.747. The van der Waals surface area contributed by atoms with E-state index in [9.17, 15) is 0 Å². The summed E-state index contributed by atoms with van der Waals surface area (Å²) < 4.78 is 1.29. The molecule has 3 rings (SSSR count). The minimum Gasteiger partial charge on any atom is -0.380 e. The number of allylic oxidation sites excluding steroid dienone is 1. The topological polar surface area (TPSA) is 12.0 Å². The summed E-state index contributed by atoms with van der Waals surface area (Å²) >= 11 is 2.39. The van der Waals surface area contributed by atoms with Gasteiger partial charge >= 0.3 is 0 Å². The van der Waals surface area contributed by atoms with E-state index in [0.717, 1.165) is 12.2 Å². The fourth-order valence-electron chi connectivity index (χ4n) is 2.20. The van der Waals surface area contributed by atoms with Gasteiger partial charge in [-0.05, 0) is 71.2 Å². The first-order valence-electron chi connectivity index (χ1n) is 6.62. The molecular formula is C18H15IN. The van der Waals surface area contributed by atoms with Crippen LogP contribution in [-0.2, 0) is 0 Å². The average molecular weight is 372 g/mol. The molecule has 0 spiro atoms. The van der Waals surface area contributed by atoms with Gasteiger partial charge in [0, 0.05) is 21.7 Å². The van der Waals surface area contributed by atoms with E-state index in [2.05, 4.69) is 102 Å². The summed E-state index contributed by atoms with van der Waals surface area (Å²) in [6.07, 6.45) is 10.6. The van der Waals surface area contributed by atoms with Crippen molar-refractivity contribution < 1.29 is 0 Å². The average Bonchev–Trinajstić information content (AvgIpc) is 2.98. The Morgan fingerprint density at radius 3 is 2.55 bits per heavy atom. The number of rotatable bonds is 4. The smallest absolute Gasteiger partial charge is 0.0455 e. The molecule has 0 aliphatic heterocycles. The van der Waals surface area contributed by atoms with Gasteiger partial charge in [0.05, 0.1) is 0 Å². The number of hydrogen-bond donors (Lipinski definition) is 1. The van der Waals surface area contributed by atoms with Crippen LogP contribution < -0.4 is 5.32 Å². The molecule has 0 atom stereocenters. The van der Waals surface area contributed by atoms with Crippen LogP contribution in [0.15, 0.2) is 52.1 Å². The Kier molecular flexibility index (Phi) is 4.61. The molecule has 2 aromatic rings. The van der Waals surface area contributed by atoms with Crippen LogP contribution in [0.25, 0.3) is 10.8 Å². The van der Waals surface area contributed by atoms with Gasteiger partial charge in [0.1, 0.15) is 0 Å². The van der Waals surface area contributed by atoms with Crippen LogP contribution in [-0.4, -0.2) is 6.54 Å². The predicted molar refractivity (Wildman–Crippen MR) is 95.0 cm³/mol. The highest BCUT2D eigenvalue weighted by Crippen LogP contribution is 2.27. The molecule has 1 aliphatic carbocycles. The maximum absolute atomic E-state index is 3.47. The molecule has 2 aromatic carbocycles. The highest BCUT2D eigenvalue weighted by atomic mass is 127. The zero-order valence-corrected chi connectivity index (χ0v) is 13.2. The maximum Gasteiger partial charge on any atom is 0.0455 e. The van der Waals surface area contributed by atoms with Gasteiger partial charge in [-0.2, -0.15) is 0 Å². The van der Waals surface area contributed by atoms with Crippen molar-refractivity contribution in [3.63, 3.8) is 0 Å². The Morgan fingerprint density at radius 1 is 1.00 bits per heavy atom. The van der Waals surface area contributed by atoms with Crippen molar-refractivity contribution in [2.45, 2.75) is 0 Å². The first-order chi connectivity index (χ1) is 9.81. The molecule has 0 saturated heterocycles. The molecule has 99 valence electrons. The molecule has 0 heterocycles. The normalized spacial score (nSPS) is 16.8. The first kappa shape index (κ1) is 13.9. The second-order valence-electron chi connectivity index (χ2n) is 4.72. The third-order valence-electron chi connectivity index (χ3n) is 3.22. The van der Waals surface area contributed by atoms with E-state index in [1.807, 2.05) is 0 Å². The van der Waals surface area contributed by atoms with Crippen molar-refractivity contribution in [2.24, 2.45) is 0 Å². The molecule has 20 heavy (non-hydrogen) atoms. The minimum absolute atomic E-state index is 0.851. The van der Waals surface area contributed by atoms with E-state index in [0.29, 0.717) is 0 Å². The minimum atomic E-state index is 0.851. The van der Waals surface area contributed by atoms with E-state index in [1.54, 1.807) is 0 Å². The third kappa shape index (κ3) is 3.54.